The lowest BCUT2D eigenvalue weighted by atomic mass is 9.94. The molecule has 156 valence electrons. The van der Waals surface area contributed by atoms with E-state index in [4.69, 9.17) is 33.7 Å². The number of amides is 1. The Kier molecular flexibility index (Phi) is 6.43. The zero-order valence-electron chi connectivity index (χ0n) is 15.9. The third-order valence-corrected chi connectivity index (χ3v) is 5.43. The van der Waals surface area contributed by atoms with Crippen molar-refractivity contribution < 1.29 is 19.1 Å². The quantitative estimate of drug-likeness (QED) is 0.582. The van der Waals surface area contributed by atoms with Crippen LogP contribution in [0.2, 0.25) is 10.0 Å². The normalized spacial score (nSPS) is 13.9. The first-order chi connectivity index (χ1) is 14.2. The molecule has 1 aliphatic heterocycles. The van der Waals surface area contributed by atoms with Crippen molar-refractivity contribution in [1.29, 1.82) is 5.41 Å². The Bertz CT molecular complexity index is 1060. The summed E-state index contributed by atoms with van der Waals surface area (Å²) in [6.07, 6.45) is 1.14. The van der Waals surface area contributed by atoms with Gasteiger partial charge in [-0.2, -0.15) is 0 Å². The largest absolute Gasteiger partial charge is 0.478 e. The van der Waals surface area contributed by atoms with Crippen LogP contribution in [0.1, 0.15) is 39.1 Å². The van der Waals surface area contributed by atoms with E-state index in [0.29, 0.717) is 30.8 Å². The fraction of sp³-hybridized carbons (Fsp3) is 0.190. The van der Waals surface area contributed by atoms with Gasteiger partial charge in [-0.15, -0.1) is 0 Å². The molecule has 1 aliphatic rings. The van der Waals surface area contributed by atoms with Gasteiger partial charge in [0.05, 0.1) is 26.9 Å². The molecule has 0 saturated heterocycles. The number of aromatic carboxylic acids is 1. The molecule has 0 atom stereocenters. The molecule has 0 aromatic heterocycles. The molecule has 0 spiro atoms. The number of nitrogens with zero attached hydrogens (tertiary/aromatic N) is 1. The first-order valence-corrected chi connectivity index (χ1v) is 9.78. The SMILES string of the molecule is CN1CCCC(C(=N)c2ccc(C(=O)O)cc2F)=C1NC(=O)c1c(Cl)cccc1Cl. The maximum absolute atomic E-state index is 14.5. The number of rotatable bonds is 5. The Hall–Kier alpha value is -2.90. The molecule has 0 saturated carbocycles. The molecule has 0 fully saturated rings. The number of hydrogen-bond donors (Lipinski definition) is 3. The van der Waals surface area contributed by atoms with Crippen molar-refractivity contribution in [2.75, 3.05) is 13.6 Å². The van der Waals surface area contributed by atoms with Crippen molar-refractivity contribution in [3.8, 4) is 0 Å². The number of carbonyl (C=O) groups is 2. The van der Waals surface area contributed by atoms with E-state index in [1.54, 1.807) is 30.1 Å². The van der Waals surface area contributed by atoms with Crippen LogP contribution in [0.15, 0.2) is 47.8 Å². The molecule has 1 heterocycles. The molecule has 30 heavy (non-hydrogen) atoms. The molecule has 0 aliphatic carbocycles. The fourth-order valence-electron chi connectivity index (χ4n) is 3.27. The van der Waals surface area contributed by atoms with E-state index < -0.39 is 17.7 Å². The minimum atomic E-state index is -1.26. The number of hydrogen-bond acceptors (Lipinski definition) is 4. The smallest absolute Gasteiger partial charge is 0.335 e. The van der Waals surface area contributed by atoms with Gasteiger partial charge < -0.3 is 15.3 Å². The van der Waals surface area contributed by atoms with Gasteiger partial charge in [0.15, 0.2) is 0 Å². The molecule has 0 bridgehead atoms. The van der Waals surface area contributed by atoms with Gasteiger partial charge in [-0.1, -0.05) is 29.3 Å². The highest BCUT2D eigenvalue weighted by atomic mass is 35.5. The molecule has 0 unspecified atom stereocenters. The van der Waals surface area contributed by atoms with E-state index in [2.05, 4.69) is 5.32 Å². The van der Waals surface area contributed by atoms with Gasteiger partial charge in [0, 0.05) is 24.7 Å². The topological polar surface area (TPSA) is 93.5 Å². The molecule has 2 aromatic carbocycles. The second kappa shape index (κ2) is 8.85. The van der Waals surface area contributed by atoms with Crippen LogP contribution in [0.3, 0.4) is 0 Å². The number of carboxylic acid groups (broad SMARTS) is 1. The van der Waals surface area contributed by atoms with Crippen LogP contribution in [0, 0.1) is 11.2 Å². The Balaban J connectivity index is 2.00. The van der Waals surface area contributed by atoms with Crippen LogP contribution in [0.5, 0.6) is 0 Å². The highest BCUT2D eigenvalue weighted by Crippen LogP contribution is 2.27. The second-order valence-electron chi connectivity index (χ2n) is 6.78. The number of carboxylic acids is 1. The minimum Gasteiger partial charge on any atom is -0.478 e. The fourth-order valence-corrected chi connectivity index (χ4v) is 3.84. The number of nitrogens with one attached hydrogen (secondary N) is 2. The lowest BCUT2D eigenvalue weighted by molar-refractivity contribution is 0.0696. The molecule has 0 radical (unpaired) electrons. The highest BCUT2D eigenvalue weighted by Gasteiger charge is 2.26. The van der Waals surface area contributed by atoms with Crippen LogP contribution in [-0.2, 0) is 0 Å². The first-order valence-electron chi connectivity index (χ1n) is 9.02. The van der Waals surface area contributed by atoms with Crippen LogP contribution in [0.25, 0.3) is 0 Å². The Labute approximate surface area is 182 Å². The average Bonchev–Trinajstić information content (AvgIpc) is 2.68. The Morgan fingerprint density at radius 1 is 1.20 bits per heavy atom. The molecule has 2 aromatic rings. The molecule has 3 rings (SSSR count). The minimum absolute atomic E-state index is 0.0483. The molecular weight excluding hydrogens is 432 g/mol. The predicted octanol–water partition coefficient (Wildman–Crippen LogP) is 4.57. The molecular formula is C21H18Cl2FN3O3. The Morgan fingerprint density at radius 2 is 1.87 bits per heavy atom. The first kappa shape index (κ1) is 21.8. The lowest BCUT2D eigenvalue weighted by Gasteiger charge is -2.31. The lowest BCUT2D eigenvalue weighted by Crippen LogP contribution is -2.38. The standard InChI is InChI=1S/C21H18Cl2FN3O3/c1-27-9-3-4-13(18(25)12-8-7-11(21(29)30)10-16(12)24)19(27)26-20(28)17-14(22)5-2-6-15(17)23/h2,5-8,10,25H,3-4,9H2,1H3,(H,26,28)(H,29,30). The molecule has 1 amide bonds. The van der Waals surface area contributed by atoms with Crippen molar-refractivity contribution in [3.05, 3.63) is 80.3 Å². The summed E-state index contributed by atoms with van der Waals surface area (Å²) in [5.41, 5.74) is 0.155. The summed E-state index contributed by atoms with van der Waals surface area (Å²) >= 11 is 12.2. The number of allylic oxidation sites excluding steroid dienone is 1. The summed E-state index contributed by atoms with van der Waals surface area (Å²) in [4.78, 5) is 25.6. The Morgan fingerprint density at radius 3 is 2.47 bits per heavy atom. The van der Waals surface area contributed by atoms with Gasteiger partial charge >= 0.3 is 5.97 Å². The van der Waals surface area contributed by atoms with Crippen LogP contribution < -0.4 is 5.32 Å². The van der Waals surface area contributed by atoms with Gasteiger partial charge in [0.1, 0.15) is 11.6 Å². The summed E-state index contributed by atoms with van der Waals surface area (Å²) in [6, 6.07) is 8.09. The zero-order valence-corrected chi connectivity index (χ0v) is 17.4. The highest BCUT2D eigenvalue weighted by molar-refractivity contribution is 6.39. The second-order valence-corrected chi connectivity index (χ2v) is 7.59. The number of benzene rings is 2. The van der Waals surface area contributed by atoms with E-state index in [1.165, 1.54) is 12.1 Å². The van der Waals surface area contributed by atoms with Crippen LogP contribution in [0.4, 0.5) is 4.39 Å². The summed E-state index contributed by atoms with van der Waals surface area (Å²) < 4.78 is 14.5. The van der Waals surface area contributed by atoms with Crippen molar-refractivity contribution in [2.45, 2.75) is 12.8 Å². The zero-order chi connectivity index (χ0) is 22.0. The third kappa shape index (κ3) is 4.32. The van der Waals surface area contributed by atoms with Crippen LogP contribution >= 0.6 is 23.2 Å². The average molecular weight is 450 g/mol. The number of halogens is 3. The van der Waals surface area contributed by atoms with E-state index in [1.807, 2.05) is 0 Å². The molecule has 6 nitrogen and oxygen atoms in total. The van der Waals surface area contributed by atoms with Crippen LogP contribution in [-0.4, -0.2) is 41.2 Å². The summed E-state index contributed by atoms with van der Waals surface area (Å²) in [6.45, 7) is 0.628. The maximum atomic E-state index is 14.5. The van der Waals surface area contributed by atoms with E-state index >= 15 is 0 Å². The summed E-state index contributed by atoms with van der Waals surface area (Å²) in [7, 11) is 1.75. The van der Waals surface area contributed by atoms with E-state index in [-0.39, 0.29) is 32.4 Å². The number of carbonyl (C=O) groups excluding carboxylic acids is 1. The predicted molar refractivity (Wildman–Crippen MR) is 113 cm³/mol. The maximum Gasteiger partial charge on any atom is 0.335 e. The van der Waals surface area contributed by atoms with Gasteiger partial charge in [-0.3, -0.25) is 10.2 Å². The molecule has 9 heteroatoms. The third-order valence-electron chi connectivity index (χ3n) is 4.80. The summed E-state index contributed by atoms with van der Waals surface area (Å²) in [5.74, 6) is -2.26. The van der Waals surface area contributed by atoms with Crippen molar-refractivity contribution in [2.24, 2.45) is 0 Å². The van der Waals surface area contributed by atoms with Crippen molar-refractivity contribution in [1.82, 2.24) is 10.2 Å². The monoisotopic (exact) mass is 449 g/mol. The van der Waals surface area contributed by atoms with E-state index in [0.717, 1.165) is 6.07 Å². The van der Waals surface area contributed by atoms with Gasteiger partial charge in [-0.25, -0.2) is 9.18 Å². The van der Waals surface area contributed by atoms with Crippen molar-refractivity contribution >= 4 is 40.8 Å². The van der Waals surface area contributed by atoms with Gasteiger partial charge in [0.2, 0.25) is 0 Å². The van der Waals surface area contributed by atoms with Gasteiger partial charge in [-0.05, 0) is 43.2 Å². The van der Waals surface area contributed by atoms with Gasteiger partial charge in [0.25, 0.3) is 5.91 Å². The summed E-state index contributed by atoms with van der Waals surface area (Å²) in [5, 5.41) is 20.7. The van der Waals surface area contributed by atoms with Crippen molar-refractivity contribution in [3.63, 3.8) is 0 Å². The molecule has 3 N–H and O–H groups in total. The van der Waals surface area contributed by atoms with E-state index in [9.17, 15) is 14.0 Å².